The van der Waals surface area contributed by atoms with Crippen LogP contribution in [0, 0.1) is 0 Å². The fourth-order valence-corrected chi connectivity index (χ4v) is 2.74. The standard InChI is InChI=1S/C13H25N3O/c17-13(6-11-16-9-1-2-10-16)15-8-5-12-4-3-7-14-12/h12,14H,1-11H2,(H,15,17). The molecule has 1 unspecified atom stereocenters. The monoisotopic (exact) mass is 239 g/mol. The van der Waals surface area contributed by atoms with Gasteiger partial charge in [-0.25, -0.2) is 0 Å². The maximum Gasteiger partial charge on any atom is 0.221 e. The van der Waals surface area contributed by atoms with Crippen molar-refractivity contribution in [1.29, 1.82) is 0 Å². The van der Waals surface area contributed by atoms with Gasteiger partial charge in [-0.3, -0.25) is 4.79 Å². The number of nitrogens with one attached hydrogen (secondary N) is 2. The lowest BCUT2D eigenvalue weighted by molar-refractivity contribution is -0.121. The molecule has 2 heterocycles. The average Bonchev–Trinajstić information content (AvgIpc) is 2.99. The summed E-state index contributed by atoms with van der Waals surface area (Å²) in [4.78, 5) is 14.0. The van der Waals surface area contributed by atoms with Crippen LogP contribution in [0.2, 0.25) is 0 Å². The van der Waals surface area contributed by atoms with Crippen molar-refractivity contribution in [3.8, 4) is 0 Å². The molecule has 0 saturated carbocycles. The minimum Gasteiger partial charge on any atom is -0.356 e. The quantitative estimate of drug-likeness (QED) is 0.718. The summed E-state index contributed by atoms with van der Waals surface area (Å²) in [7, 11) is 0. The first-order valence-electron chi connectivity index (χ1n) is 7.07. The first-order valence-corrected chi connectivity index (χ1v) is 7.07. The van der Waals surface area contributed by atoms with E-state index in [4.69, 9.17) is 0 Å². The molecule has 4 nitrogen and oxygen atoms in total. The molecular formula is C13H25N3O. The Kier molecular flexibility index (Phi) is 5.26. The third-order valence-electron chi connectivity index (χ3n) is 3.83. The van der Waals surface area contributed by atoms with Crippen LogP contribution in [0.3, 0.4) is 0 Å². The van der Waals surface area contributed by atoms with E-state index >= 15 is 0 Å². The molecule has 0 radical (unpaired) electrons. The number of likely N-dealkylation sites (tertiary alicyclic amines) is 1. The minimum atomic E-state index is 0.217. The Bertz CT molecular complexity index is 233. The molecule has 2 rings (SSSR count). The molecule has 0 aromatic heterocycles. The van der Waals surface area contributed by atoms with Crippen LogP contribution in [0.5, 0.6) is 0 Å². The lowest BCUT2D eigenvalue weighted by Crippen LogP contribution is -2.32. The van der Waals surface area contributed by atoms with Gasteiger partial charge in [-0.15, -0.1) is 0 Å². The first-order chi connectivity index (χ1) is 8.34. The fourth-order valence-electron chi connectivity index (χ4n) is 2.74. The molecule has 0 aromatic rings. The van der Waals surface area contributed by atoms with Crippen molar-refractivity contribution in [3.63, 3.8) is 0 Å². The molecule has 2 saturated heterocycles. The summed E-state index contributed by atoms with van der Waals surface area (Å²) in [6.07, 6.45) is 6.90. The van der Waals surface area contributed by atoms with E-state index < -0.39 is 0 Å². The first kappa shape index (κ1) is 12.8. The molecule has 17 heavy (non-hydrogen) atoms. The van der Waals surface area contributed by atoms with E-state index in [1.807, 2.05) is 0 Å². The predicted octanol–water partition coefficient (Wildman–Crippen LogP) is 0.731. The van der Waals surface area contributed by atoms with E-state index in [1.165, 1.54) is 38.8 Å². The van der Waals surface area contributed by atoms with Gasteiger partial charge in [-0.05, 0) is 51.7 Å². The highest BCUT2D eigenvalue weighted by Crippen LogP contribution is 2.08. The number of hydrogen-bond donors (Lipinski definition) is 2. The fraction of sp³-hybridized carbons (Fsp3) is 0.923. The van der Waals surface area contributed by atoms with Crippen molar-refractivity contribution in [2.75, 3.05) is 32.7 Å². The summed E-state index contributed by atoms with van der Waals surface area (Å²) < 4.78 is 0. The van der Waals surface area contributed by atoms with Gasteiger partial charge in [0.2, 0.25) is 5.91 Å². The number of carbonyl (C=O) groups excluding carboxylic acids is 1. The molecule has 1 atom stereocenters. The summed E-state index contributed by atoms with van der Waals surface area (Å²) >= 11 is 0. The number of nitrogens with zero attached hydrogens (tertiary/aromatic N) is 1. The van der Waals surface area contributed by atoms with Gasteiger partial charge in [0.25, 0.3) is 0 Å². The van der Waals surface area contributed by atoms with Crippen LogP contribution in [0.1, 0.15) is 38.5 Å². The van der Waals surface area contributed by atoms with Crippen LogP contribution < -0.4 is 10.6 Å². The minimum absolute atomic E-state index is 0.217. The number of carbonyl (C=O) groups is 1. The molecule has 98 valence electrons. The topological polar surface area (TPSA) is 44.4 Å². The highest BCUT2D eigenvalue weighted by molar-refractivity contribution is 5.76. The molecule has 0 spiro atoms. The van der Waals surface area contributed by atoms with Crippen molar-refractivity contribution in [3.05, 3.63) is 0 Å². The van der Waals surface area contributed by atoms with Crippen molar-refractivity contribution >= 4 is 5.91 Å². The summed E-state index contributed by atoms with van der Waals surface area (Å²) in [6, 6.07) is 0.633. The van der Waals surface area contributed by atoms with Gasteiger partial charge in [-0.2, -0.15) is 0 Å². The van der Waals surface area contributed by atoms with Crippen molar-refractivity contribution in [2.24, 2.45) is 0 Å². The van der Waals surface area contributed by atoms with Crippen molar-refractivity contribution in [1.82, 2.24) is 15.5 Å². The molecular weight excluding hydrogens is 214 g/mol. The molecule has 0 aliphatic carbocycles. The maximum atomic E-state index is 11.6. The SMILES string of the molecule is O=C(CCN1CCCC1)NCCC1CCCN1. The van der Waals surface area contributed by atoms with E-state index in [1.54, 1.807) is 0 Å². The number of hydrogen-bond acceptors (Lipinski definition) is 3. The van der Waals surface area contributed by atoms with E-state index in [2.05, 4.69) is 15.5 Å². The van der Waals surface area contributed by atoms with Gasteiger partial charge >= 0.3 is 0 Å². The van der Waals surface area contributed by atoms with Crippen molar-refractivity contribution in [2.45, 2.75) is 44.6 Å². The number of amides is 1. The van der Waals surface area contributed by atoms with Gasteiger partial charge in [0.1, 0.15) is 0 Å². The highest BCUT2D eigenvalue weighted by atomic mass is 16.1. The van der Waals surface area contributed by atoms with E-state index in [-0.39, 0.29) is 5.91 Å². The summed E-state index contributed by atoms with van der Waals surface area (Å²) in [5, 5.41) is 6.48. The van der Waals surface area contributed by atoms with Crippen LogP contribution >= 0.6 is 0 Å². The van der Waals surface area contributed by atoms with E-state index in [9.17, 15) is 4.79 Å². The third kappa shape index (κ3) is 4.64. The lowest BCUT2D eigenvalue weighted by atomic mass is 10.1. The lowest BCUT2D eigenvalue weighted by Gasteiger charge is -2.14. The molecule has 1 amide bonds. The number of rotatable bonds is 6. The zero-order valence-corrected chi connectivity index (χ0v) is 10.7. The predicted molar refractivity (Wildman–Crippen MR) is 68.9 cm³/mol. The largest absolute Gasteiger partial charge is 0.356 e. The smallest absolute Gasteiger partial charge is 0.221 e. The average molecular weight is 239 g/mol. The van der Waals surface area contributed by atoms with Gasteiger partial charge in [0, 0.05) is 25.6 Å². The van der Waals surface area contributed by atoms with Gasteiger partial charge in [0.05, 0.1) is 0 Å². The molecule has 0 bridgehead atoms. The Morgan fingerprint density at radius 1 is 1.29 bits per heavy atom. The van der Waals surface area contributed by atoms with Gasteiger partial charge in [0.15, 0.2) is 0 Å². The Morgan fingerprint density at radius 3 is 2.82 bits per heavy atom. The molecule has 2 N–H and O–H groups in total. The molecule has 0 aromatic carbocycles. The Balaban J connectivity index is 1.48. The molecule has 2 aliphatic rings. The second kappa shape index (κ2) is 6.97. The second-order valence-corrected chi connectivity index (χ2v) is 5.23. The van der Waals surface area contributed by atoms with Crippen LogP contribution in [0.25, 0.3) is 0 Å². The molecule has 2 fully saturated rings. The Morgan fingerprint density at radius 2 is 2.12 bits per heavy atom. The maximum absolute atomic E-state index is 11.6. The summed E-state index contributed by atoms with van der Waals surface area (Å²) in [6.45, 7) is 5.27. The normalized spacial score (nSPS) is 25.3. The highest BCUT2D eigenvalue weighted by Gasteiger charge is 2.15. The zero-order valence-electron chi connectivity index (χ0n) is 10.7. The Labute approximate surface area is 104 Å². The van der Waals surface area contributed by atoms with Crippen molar-refractivity contribution < 1.29 is 4.79 Å². The third-order valence-corrected chi connectivity index (χ3v) is 3.83. The van der Waals surface area contributed by atoms with E-state index in [0.717, 1.165) is 26.1 Å². The van der Waals surface area contributed by atoms with Gasteiger partial charge in [-0.1, -0.05) is 0 Å². The zero-order chi connectivity index (χ0) is 11.9. The second-order valence-electron chi connectivity index (χ2n) is 5.23. The molecule has 2 aliphatic heterocycles. The summed E-state index contributed by atoms with van der Waals surface area (Å²) in [5.74, 6) is 0.217. The Hall–Kier alpha value is -0.610. The van der Waals surface area contributed by atoms with Crippen LogP contribution in [-0.2, 0) is 4.79 Å². The van der Waals surface area contributed by atoms with Crippen LogP contribution in [0.4, 0.5) is 0 Å². The van der Waals surface area contributed by atoms with E-state index in [0.29, 0.717) is 12.5 Å². The summed E-state index contributed by atoms with van der Waals surface area (Å²) in [5.41, 5.74) is 0. The van der Waals surface area contributed by atoms with Gasteiger partial charge < -0.3 is 15.5 Å². The molecule has 4 heteroatoms. The van der Waals surface area contributed by atoms with Crippen LogP contribution in [0.15, 0.2) is 0 Å². The van der Waals surface area contributed by atoms with Crippen LogP contribution in [-0.4, -0.2) is 49.6 Å².